The molecule has 1 aromatic heterocycles. The molecule has 5 nitrogen and oxygen atoms in total. The molecule has 136 valence electrons. The summed E-state index contributed by atoms with van der Waals surface area (Å²) in [6.07, 6.45) is 2.04. The molecule has 0 fully saturated rings. The molecular weight excluding hydrogens is 352 g/mol. The normalized spacial score (nSPS) is 23.1. The van der Waals surface area contributed by atoms with E-state index in [1.165, 1.54) is 4.90 Å². The van der Waals surface area contributed by atoms with Crippen LogP contribution in [0.3, 0.4) is 0 Å². The van der Waals surface area contributed by atoms with E-state index in [1.54, 1.807) is 30.3 Å². The summed E-state index contributed by atoms with van der Waals surface area (Å²) in [6, 6.07) is 16.6. The second-order valence-corrected chi connectivity index (χ2v) is 7.68. The van der Waals surface area contributed by atoms with Crippen LogP contribution in [-0.2, 0) is 11.3 Å². The molecule has 2 atom stereocenters. The first kappa shape index (κ1) is 15.6. The third kappa shape index (κ3) is 1.88. The van der Waals surface area contributed by atoms with E-state index in [9.17, 15) is 14.4 Å². The maximum atomic E-state index is 13.2. The predicted molar refractivity (Wildman–Crippen MR) is 103 cm³/mol. The average molecular weight is 368 g/mol. The SMILES string of the molecule is O=C1C=C2Cn3c(cc4ccccc43)[C@H](N3C(=O)c4ccccc4C3=O)[C@H]2C1. The lowest BCUT2D eigenvalue weighted by Crippen LogP contribution is -2.41. The zero-order chi connectivity index (χ0) is 19.0. The second-order valence-electron chi connectivity index (χ2n) is 7.68. The summed E-state index contributed by atoms with van der Waals surface area (Å²) in [6.45, 7) is 0.624. The third-order valence-electron chi connectivity index (χ3n) is 6.21. The molecular formula is C23H16N2O3. The van der Waals surface area contributed by atoms with Crippen molar-refractivity contribution in [2.45, 2.75) is 19.0 Å². The van der Waals surface area contributed by atoms with Gasteiger partial charge in [0.1, 0.15) is 0 Å². The minimum absolute atomic E-state index is 0.0664. The molecule has 0 saturated carbocycles. The number of carbonyl (C=O) groups excluding carboxylic acids is 3. The lowest BCUT2D eigenvalue weighted by atomic mass is 9.86. The molecule has 0 N–H and O–H groups in total. The first-order valence-electron chi connectivity index (χ1n) is 9.42. The topological polar surface area (TPSA) is 59.4 Å². The highest BCUT2D eigenvalue weighted by molar-refractivity contribution is 6.21. The monoisotopic (exact) mass is 368 g/mol. The van der Waals surface area contributed by atoms with Gasteiger partial charge in [0.05, 0.1) is 17.2 Å². The van der Waals surface area contributed by atoms with E-state index in [4.69, 9.17) is 0 Å². The van der Waals surface area contributed by atoms with Gasteiger partial charge in [-0.05, 0) is 41.3 Å². The number of para-hydroxylation sites is 1. The molecule has 0 spiro atoms. The van der Waals surface area contributed by atoms with Gasteiger partial charge in [-0.25, -0.2) is 0 Å². The molecule has 28 heavy (non-hydrogen) atoms. The van der Waals surface area contributed by atoms with Crippen molar-refractivity contribution in [3.8, 4) is 0 Å². The Balaban J connectivity index is 1.59. The van der Waals surface area contributed by atoms with Crippen LogP contribution in [-0.4, -0.2) is 27.1 Å². The predicted octanol–water partition coefficient (Wildman–Crippen LogP) is 3.51. The van der Waals surface area contributed by atoms with Crippen LogP contribution < -0.4 is 0 Å². The molecule has 0 unspecified atom stereocenters. The number of hydrogen-bond acceptors (Lipinski definition) is 3. The van der Waals surface area contributed by atoms with Gasteiger partial charge in [0, 0.05) is 30.1 Å². The zero-order valence-corrected chi connectivity index (χ0v) is 15.0. The van der Waals surface area contributed by atoms with Crippen LogP contribution in [0.25, 0.3) is 10.9 Å². The molecule has 0 saturated heterocycles. The highest BCUT2D eigenvalue weighted by atomic mass is 16.2. The number of ketones is 1. The van der Waals surface area contributed by atoms with Gasteiger partial charge in [-0.1, -0.05) is 30.3 Å². The van der Waals surface area contributed by atoms with E-state index in [1.807, 2.05) is 24.3 Å². The Hall–Kier alpha value is -3.47. The van der Waals surface area contributed by atoms with Crippen LogP contribution in [0.15, 0.2) is 66.2 Å². The first-order valence-corrected chi connectivity index (χ1v) is 9.42. The highest BCUT2D eigenvalue weighted by Crippen LogP contribution is 2.47. The minimum atomic E-state index is -0.466. The average Bonchev–Trinajstić information content (AvgIpc) is 3.33. The molecule has 2 aliphatic heterocycles. The highest BCUT2D eigenvalue weighted by Gasteiger charge is 2.48. The number of rotatable bonds is 1. The van der Waals surface area contributed by atoms with Crippen molar-refractivity contribution < 1.29 is 14.4 Å². The second kappa shape index (κ2) is 5.29. The van der Waals surface area contributed by atoms with Crippen LogP contribution in [0.5, 0.6) is 0 Å². The molecule has 3 aliphatic rings. The van der Waals surface area contributed by atoms with E-state index < -0.39 is 6.04 Å². The summed E-state index contributed by atoms with van der Waals surface area (Å²) in [7, 11) is 0. The van der Waals surface area contributed by atoms with Crippen molar-refractivity contribution in [3.05, 3.63) is 83.1 Å². The van der Waals surface area contributed by atoms with Gasteiger partial charge in [0.15, 0.2) is 5.78 Å². The maximum Gasteiger partial charge on any atom is 0.262 e. The summed E-state index contributed by atoms with van der Waals surface area (Å²) in [5.41, 5.74) is 3.86. The lowest BCUT2D eigenvalue weighted by Gasteiger charge is -2.37. The molecule has 0 bridgehead atoms. The van der Waals surface area contributed by atoms with Gasteiger partial charge < -0.3 is 4.57 Å². The number of imide groups is 1. The number of carbonyl (C=O) groups is 3. The number of amides is 2. The van der Waals surface area contributed by atoms with Crippen LogP contribution in [0, 0.1) is 5.92 Å². The minimum Gasteiger partial charge on any atom is -0.338 e. The van der Waals surface area contributed by atoms with Gasteiger partial charge in [-0.15, -0.1) is 0 Å². The number of allylic oxidation sites excluding steroid dienone is 1. The molecule has 0 radical (unpaired) electrons. The number of hydrogen-bond donors (Lipinski definition) is 0. The van der Waals surface area contributed by atoms with Crippen LogP contribution in [0.1, 0.15) is 38.9 Å². The summed E-state index contributed by atoms with van der Waals surface area (Å²) in [5.74, 6) is -0.630. The Morgan fingerprint density at radius 3 is 2.29 bits per heavy atom. The van der Waals surface area contributed by atoms with Crippen molar-refractivity contribution in [1.82, 2.24) is 9.47 Å². The number of aromatic nitrogens is 1. The molecule has 2 amide bonds. The standard InChI is InChI=1S/C23H16N2O3/c26-15-9-14-12-24-19-8-4-1-5-13(19)10-20(24)21(18(14)11-15)25-22(27)16-6-2-3-7-17(16)23(25)28/h1-10,18,21H,11-12H2/t18-,21+/m0/s1. The van der Waals surface area contributed by atoms with Gasteiger partial charge in [-0.3, -0.25) is 19.3 Å². The van der Waals surface area contributed by atoms with Crippen molar-refractivity contribution in [2.24, 2.45) is 5.92 Å². The number of benzene rings is 2. The summed E-state index contributed by atoms with van der Waals surface area (Å²) < 4.78 is 2.14. The summed E-state index contributed by atoms with van der Waals surface area (Å²) >= 11 is 0. The Kier molecular flexibility index (Phi) is 2.94. The van der Waals surface area contributed by atoms with Crippen molar-refractivity contribution in [3.63, 3.8) is 0 Å². The van der Waals surface area contributed by atoms with Gasteiger partial charge in [-0.2, -0.15) is 0 Å². The lowest BCUT2D eigenvalue weighted by molar-refractivity contribution is -0.114. The van der Waals surface area contributed by atoms with E-state index >= 15 is 0 Å². The van der Waals surface area contributed by atoms with E-state index in [0.29, 0.717) is 24.1 Å². The Labute approximate surface area is 160 Å². The van der Waals surface area contributed by atoms with Crippen LogP contribution >= 0.6 is 0 Å². The Morgan fingerprint density at radius 2 is 1.54 bits per heavy atom. The quantitative estimate of drug-likeness (QED) is 0.618. The summed E-state index contributed by atoms with van der Waals surface area (Å²) in [5, 5.41) is 1.08. The van der Waals surface area contributed by atoms with Gasteiger partial charge in [0.25, 0.3) is 11.8 Å². The smallest absolute Gasteiger partial charge is 0.262 e. The van der Waals surface area contributed by atoms with E-state index in [0.717, 1.165) is 22.2 Å². The van der Waals surface area contributed by atoms with Crippen molar-refractivity contribution in [2.75, 3.05) is 0 Å². The summed E-state index contributed by atoms with van der Waals surface area (Å²) in [4.78, 5) is 40.0. The fourth-order valence-corrected chi connectivity index (χ4v) is 5.01. The Bertz CT molecular complexity index is 1210. The molecule has 3 heterocycles. The third-order valence-corrected chi connectivity index (χ3v) is 6.21. The fraction of sp³-hybridized carbons (Fsp3) is 0.174. The number of nitrogens with zero attached hydrogens (tertiary/aromatic N) is 2. The van der Waals surface area contributed by atoms with E-state index in [-0.39, 0.29) is 23.5 Å². The molecule has 1 aliphatic carbocycles. The molecule has 2 aromatic carbocycles. The largest absolute Gasteiger partial charge is 0.338 e. The molecule has 6 rings (SSSR count). The Morgan fingerprint density at radius 1 is 0.857 bits per heavy atom. The fourth-order valence-electron chi connectivity index (χ4n) is 5.01. The van der Waals surface area contributed by atoms with E-state index in [2.05, 4.69) is 10.6 Å². The van der Waals surface area contributed by atoms with Gasteiger partial charge >= 0.3 is 0 Å². The molecule has 3 aromatic rings. The van der Waals surface area contributed by atoms with Gasteiger partial charge in [0.2, 0.25) is 0 Å². The number of fused-ring (bicyclic) bond motifs is 5. The maximum absolute atomic E-state index is 13.2. The first-order chi connectivity index (χ1) is 13.6. The zero-order valence-electron chi connectivity index (χ0n) is 15.0. The van der Waals surface area contributed by atoms with Crippen LogP contribution in [0.2, 0.25) is 0 Å². The van der Waals surface area contributed by atoms with Crippen molar-refractivity contribution >= 4 is 28.5 Å². The van der Waals surface area contributed by atoms with Crippen molar-refractivity contribution in [1.29, 1.82) is 0 Å². The van der Waals surface area contributed by atoms with Crippen LogP contribution in [0.4, 0.5) is 0 Å². The molecule has 5 heteroatoms.